The minimum Gasteiger partial charge on any atom is -0.496 e. The predicted octanol–water partition coefficient (Wildman–Crippen LogP) is 4.89. The predicted molar refractivity (Wildman–Crippen MR) is 113 cm³/mol. The number of carbonyl (C=O) groups excluding carboxylic acids is 1. The van der Waals surface area contributed by atoms with Crippen molar-refractivity contribution >= 4 is 29.1 Å². The Bertz CT molecular complexity index is 1200. The lowest BCUT2D eigenvalue weighted by molar-refractivity contribution is -0.145. The minimum atomic E-state index is -4.75. The lowest BCUT2D eigenvalue weighted by atomic mass is 9.94. The van der Waals surface area contributed by atoms with Crippen molar-refractivity contribution in [2.45, 2.75) is 19.1 Å². The van der Waals surface area contributed by atoms with E-state index in [0.717, 1.165) is 4.68 Å². The first-order chi connectivity index (χ1) is 15.2. The van der Waals surface area contributed by atoms with Gasteiger partial charge in [-0.25, -0.2) is 4.68 Å². The number of hydrogen-bond donors (Lipinski definition) is 2. The molecule has 0 saturated carbocycles. The van der Waals surface area contributed by atoms with Crippen LogP contribution < -0.4 is 15.4 Å². The molecule has 0 spiro atoms. The number of benzene rings is 2. The number of alkyl halides is 3. The van der Waals surface area contributed by atoms with Gasteiger partial charge in [0.15, 0.2) is 0 Å². The van der Waals surface area contributed by atoms with Crippen molar-refractivity contribution in [1.29, 1.82) is 0 Å². The topological polar surface area (TPSA) is 81.1 Å². The number of hydrogen-bond acceptors (Lipinski definition) is 5. The molecule has 4 rings (SSSR count). The van der Waals surface area contributed by atoms with Gasteiger partial charge in [0.05, 0.1) is 12.7 Å². The maximum Gasteiger partial charge on any atom is 0.453 e. The number of methoxy groups -OCH3 is 1. The number of fused-ring (bicyclic) bond motifs is 1. The molecule has 166 valence electrons. The summed E-state index contributed by atoms with van der Waals surface area (Å²) in [6.45, 7) is 1.59. The van der Waals surface area contributed by atoms with Gasteiger partial charge in [-0.1, -0.05) is 29.8 Å². The molecule has 11 heteroatoms. The maximum atomic E-state index is 13.3. The number of aromatic nitrogens is 3. The number of rotatable bonds is 4. The highest BCUT2D eigenvalue weighted by Crippen LogP contribution is 2.40. The van der Waals surface area contributed by atoms with Gasteiger partial charge in [0.2, 0.25) is 5.95 Å². The summed E-state index contributed by atoms with van der Waals surface area (Å²) in [5.74, 6) is -1.58. The number of ether oxygens (including phenoxy) is 1. The highest BCUT2D eigenvalue weighted by molar-refractivity contribution is 6.30. The van der Waals surface area contributed by atoms with E-state index in [9.17, 15) is 18.0 Å². The molecule has 32 heavy (non-hydrogen) atoms. The van der Waals surface area contributed by atoms with Crippen molar-refractivity contribution in [3.8, 4) is 5.75 Å². The molecule has 0 saturated heterocycles. The number of amides is 1. The highest BCUT2D eigenvalue weighted by Gasteiger charge is 2.41. The standard InChI is InChI=1S/C21H17ClF3N5O2/c1-11-16(18(31)27-13-9-7-12(22)8-10-13)17(14-5-3-4-6-15(14)32-2)30-20(26-11)28-19(29-30)21(23,24)25/h3-10,17H,1-2H3,(H,27,31)(H,26,28,29)/t17-/m1/s1. The van der Waals surface area contributed by atoms with E-state index in [-0.39, 0.29) is 11.5 Å². The number of carbonyl (C=O) groups is 1. The van der Waals surface area contributed by atoms with Gasteiger partial charge in [-0.05, 0) is 37.3 Å². The summed E-state index contributed by atoms with van der Waals surface area (Å²) in [6, 6.07) is 12.2. The molecular formula is C21H17ClF3N5O2. The molecule has 1 amide bonds. The Morgan fingerprint density at radius 2 is 1.88 bits per heavy atom. The van der Waals surface area contributed by atoms with Crippen LogP contribution in [0.4, 0.5) is 24.8 Å². The normalized spacial score (nSPS) is 15.8. The minimum absolute atomic E-state index is 0.131. The second-order valence-electron chi connectivity index (χ2n) is 6.97. The Morgan fingerprint density at radius 3 is 2.53 bits per heavy atom. The molecule has 1 aliphatic heterocycles. The number of para-hydroxylation sites is 1. The highest BCUT2D eigenvalue weighted by atomic mass is 35.5. The van der Waals surface area contributed by atoms with E-state index in [1.807, 2.05) is 0 Å². The fourth-order valence-electron chi connectivity index (χ4n) is 3.48. The van der Waals surface area contributed by atoms with E-state index < -0.39 is 23.9 Å². The molecule has 0 unspecified atom stereocenters. The molecular weight excluding hydrogens is 447 g/mol. The zero-order valence-electron chi connectivity index (χ0n) is 16.9. The molecule has 7 nitrogen and oxygen atoms in total. The van der Waals surface area contributed by atoms with Gasteiger partial charge in [-0.3, -0.25) is 4.79 Å². The molecule has 2 aromatic carbocycles. The zero-order valence-corrected chi connectivity index (χ0v) is 17.6. The molecule has 0 fully saturated rings. The fourth-order valence-corrected chi connectivity index (χ4v) is 3.60. The van der Waals surface area contributed by atoms with Gasteiger partial charge in [0.1, 0.15) is 11.8 Å². The van der Waals surface area contributed by atoms with Crippen LogP contribution in [-0.4, -0.2) is 27.8 Å². The van der Waals surface area contributed by atoms with Crippen molar-refractivity contribution in [3.63, 3.8) is 0 Å². The molecule has 1 aromatic heterocycles. The van der Waals surface area contributed by atoms with E-state index in [0.29, 0.717) is 27.7 Å². The summed E-state index contributed by atoms with van der Waals surface area (Å²) in [5, 5.41) is 9.68. The smallest absolute Gasteiger partial charge is 0.453 e. The second-order valence-corrected chi connectivity index (χ2v) is 7.41. The summed E-state index contributed by atoms with van der Waals surface area (Å²) in [7, 11) is 1.44. The van der Waals surface area contributed by atoms with Gasteiger partial charge in [0, 0.05) is 22.0 Å². The van der Waals surface area contributed by atoms with Crippen LogP contribution in [-0.2, 0) is 11.0 Å². The van der Waals surface area contributed by atoms with E-state index in [2.05, 4.69) is 20.7 Å². The molecule has 2 heterocycles. The average Bonchev–Trinajstić information content (AvgIpc) is 3.18. The first kappa shape index (κ1) is 21.7. The van der Waals surface area contributed by atoms with Crippen LogP contribution >= 0.6 is 11.6 Å². The molecule has 2 N–H and O–H groups in total. The Labute approximate surface area is 185 Å². The van der Waals surface area contributed by atoms with Crippen molar-refractivity contribution in [3.05, 3.63) is 76.2 Å². The first-order valence-corrected chi connectivity index (χ1v) is 9.78. The molecule has 3 aromatic rings. The van der Waals surface area contributed by atoms with Crippen LogP contribution in [0, 0.1) is 0 Å². The van der Waals surface area contributed by atoms with Gasteiger partial charge >= 0.3 is 6.18 Å². The van der Waals surface area contributed by atoms with Crippen LogP contribution in [0.1, 0.15) is 24.4 Å². The number of allylic oxidation sites excluding steroid dienone is 1. The van der Waals surface area contributed by atoms with E-state index in [4.69, 9.17) is 16.3 Å². The van der Waals surface area contributed by atoms with Gasteiger partial charge < -0.3 is 15.4 Å². The fraction of sp³-hybridized carbons (Fsp3) is 0.190. The summed E-state index contributed by atoms with van der Waals surface area (Å²) < 4.78 is 46.4. The molecule has 0 radical (unpaired) electrons. The average molecular weight is 464 g/mol. The molecule has 0 aliphatic carbocycles. The Kier molecular flexibility index (Phi) is 5.55. The number of halogens is 4. The van der Waals surface area contributed by atoms with E-state index >= 15 is 0 Å². The zero-order chi connectivity index (χ0) is 23.0. The number of nitrogens with zero attached hydrogens (tertiary/aromatic N) is 3. The SMILES string of the molecule is COc1ccccc1[C@@H]1C(C(=O)Nc2ccc(Cl)cc2)=C(C)Nc2nc(C(F)(F)F)nn21. The largest absolute Gasteiger partial charge is 0.496 e. The first-order valence-electron chi connectivity index (χ1n) is 9.40. The van der Waals surface area contributed by atoms with Gasteiger partial charge in [-0.2, -0.15) is 18.2 Å². The lowest BCUT2D eigenvalue weighted by Gasteiger charge is -2.29. The third-order valence-electron chi connectivity index (χ3n) is 4.89. The molecule has 1 atom stereocenters. The van der Waals surface area contributed by atoms with Crippen molar-refractivity contribution in [2.24, 2.45) is 0 Å². The van der Waals surface area contributed by atoms with Crippen LogP contribution in [0.3, 0.4) is 0 Å². The van der Waals surface area contributed by atoms with E-state index in [1.165, 1.54) is 7.11 Å². The Morgan fingerprint density at radius 1 is 1.19 bits per heavy atom. The monoisotopic (exact) mass is 463 g/mol. The summed E-state index contributed by atoms with van der Waals surface area (Å²) in [5.41, 5.74) is 1.42. The van der Waals surface area contributed by atoms with Crippen LogP contribution in [0.5, 0.6) is 5.75 Å². The number of anilines is 2. The maximum absolute atomic E-state index is 13.3. The lowest BCUT2D eigenvalue weighted by Crippen LogP contribution is -2.31. The summed E-state index contributed by atoms with van der Waals surface area (Å²) in [6.07, 6.45) is -4.75. The van der Waals surface area contributed by atoms with Gasteiger partial charge in [-0.15, -0.1) is 5.10 Å². The van der Waals surface area contributed by atoms with Crippen molar-refractivity contribution < 1.29 is 22.7 Å². The van der Waals surface area contributed by atoms with Crippen molar-refractivity contribution in [2.75, 3.05) is 17.7 Å². The molecule has 1 aliphatic rings. The third-order valence-corrected chi connectivity index (χ3v) is 5.14. The van der Waals surface area contributed by atoms with Crippen LogP contribution in [0.25, 0.3) is 0 Å². The van der Waals surface area contributed by atoms with E-state index in [1.54, 1.807) is 55.5 Å². The quantitative estimate of drug-likeness (QED) is 0.576. The van der Waals surface area contributed by atoms with Crippen LogP contribution in [0.2, 0.25) is 5.02 Å². The third kappa shape index (κ3) is 4.01. The van der Waals surface area contributed by atoms with Crippen LogP contribution in [0.15, 0.2) is 59.8 Å². The number of nitrogens with one attached hydrogen (secondary N) is 2. The summed E-state index contributed by atoms with van der Waals surface area (Å²) >= 11 is 5.90. The Hall–Kier alpha value is -3.53. The Balaban J connectivity index is 1.84. The van der Waals surface area contributed by atoms with Gasteiger partial charge in [0.25, 0.3) is 11.7 Å². The molecule has 0 bridgehead atoms. The second kappa shape index (κ2) is 8.19. The van der Waals surface area contributed by atoms with Crippen molar-refractivity contribution in [1.82, 2.24) is 14.8 Å². The summed E-state index contributed by atoms with van der Waals surface area (Å²) in [4.78, 5) is 16.9.